The molecule has 0 atom stereocenters. The second kappa shape index (κ2) is 5.63. The number of rotatable bonds is 3. The number of benzene rings is 1. The molecule has 0 bridgehead atoms. The van der Waals surface area contributed by atoms with Gasteiger partial charge in [-0.3, -0.25) is 4.98 Å². The number of hydrogen-bond acceptors (Lipinski definition) is 2. The van der Waals surface area contributed by atoms with Crippen LogP contribution in [0.5, 0.6) is 0 Å². The summed E-state index contributed by atoms with van der Waals surface area (Å²) in [6.07, 6.45) is 9.96. The third-order valence-corrected chi connectivity index (χ3v) is 3.73. The highest BCUT2D eigenvalue weighted by Gasteiger charge is 1.94. The topological polar surface area (TPSA) is 12.9 Å². The molecule has 0 N–H and O–H groups in total. The summed E-state index contributed by atoms with van der Waals surface area (Å²) in [6, 6.07) is 14.6. The summed E-state index contributed by atoms with van der Waals surface area (Å²) in [5.41, 5.74) is 2.19. The van der Waals surface area contributed by atoms with E-state index in [1.807, 2.05) is 36.4 Å². The molecule has 0 unspecified atom stereocenters. The molecule has 0 saturated heterocycles. The van der Waals surface area contributed by atoms with Crippen LogP contribution in [0.2, 0.25) is 0 Å². The Morgan fingerprint density at radius 1 is 0.947 bits per heavy atom. The molecule has 3 aromatic rings. The Kier molecular flexibility index (Phi) is 3.52. The number of pyridine rings is 1. The first-order valence-electron chi connectivity index (χ1n) is 6.15. The number of fused-ring (bicyclic) bond motifs is 1. The molecular weight excluding hydrogens is 250 g/mol. The van der Waals surface area contributed by atoms with Crippen molar-refractivity contribution in [3.05, 3.63) is 77.5 Å². The molecule has 2 heteroatoms. The van der Waals surface area contributed by atoms with Gasteiger partial charge in [-0.1, -0.05) is 30.4 Å². The lowest BCUT2D eigenvalue weighted by atomic mass is 10.1. The van der Waals surface area contributed by atoms with Gasteiger partial charge in [-0.05, 0) is 52.7 Å². The highest BCUT2D eigenvalue weighted by atomic mass is 32.1. The van der Waals surface area contributed by atoms with Crippen LogP contribution in [0.4, 0.5) is 0 Å². The fourth-order valence-electron chi connectivity index (χ4n) is 1.88. The predicted octanol–water partition coefficient (Wildman–Crippen LogP) is 5.02. The Balaban J connectivity index is 1.73. The maximum absolute atomic E-state index is 4.24. The quantitative estimate of drug-likeness (QED) is 0.604. The van der Waals surface area contributed by atoms with E-state index in [2.05, 4.69) is 40.7 Å². The van der Waals surface area contributed by atoms with Gasteiger partial charge in [-0.15, -0.1) is 11.3 Å². The van der Waals surface area contributed by atoms with Gasteiger partial charge < -0.3 is 0 Å². The lowest BCUT2D eigenvalue weighted by molar-refractivity contribution is 1.30. The first-order chi connectivity index (χ1) is 9.42. The normalized spacial score (nSPS) is 11.8. The van der Waals surface area contributed by atoms with Crippen molar-refractivity contribution in [2.24, 2.45) is 0 Å². The molecular formula is C17H13NS. The number of thiophene rings is 1. The standard InChI is InChI=1S/C17H13NS/c1(2-6-16-7-3-4-11-18-16)5-14-8-9-17-15(13-14)10-12-19-17/h1-13H/b5-1+,6-2+. The third kappa shape index (κ3) is 2.98. The van der Waals surface area contributed by atoms with Crippen LogP contribution in [0.1, 0.15) is 11.3 Å². The maximum Gasteiger partial charge on any atom is 0.0629 e. The van der Waals surface area contributed by atoms with E-state index < -0.39 is 0 Å². The average molecular weight is 263 g/mol. The minimum Gasteiger partial charge on any atom is -0.257 e. The van der Waals surface area contributed by atoms with Crippen molar-refractivity contribution in [2.45, 2.75) is 0 Å². The number of allylic oxidation sites excluding steroid dienone is 2. The van der Waals surface area contributed by atoms with E-state index in [9.17, 15) is 0 Å². The van der Waals surface area contributed by atoms with E-state index in [0.29, 0.717) is 0 Å². The van der Waals surface area contributed by atoms with E-state index in [0.717, 1.165) is 5.69 Å². The summed E-state index contributed by atoms with van der Waals surface area (Å²) < 4.78 is 1.33. The van der Waals surface area contributed by atoms with Gasteiger partial charge in [0, 0.05) is 10.9 Å². The Bertz CT molecular complexity index is 723. The van der Waals surface area contributed by atoms with E-state index >= 15 is 0 Å². The molecule has 1 nitrogen and oxygen atoms in total. The summed E-state index contributed by atoms with van der Waals surface area (Å²) in [5, 5.41) is 3.43. The minimum atomic E-state index is 0.973. The second-order valence-electron chi connectivity index (χ2n) is 4.19. The Morgan fingerprint density at radius 3 is 2.79 bits per heavy atom. The van der Waals surface area contributed by atoms with Crippen molar-refractivity contribution in [3.63, 3.8) is 0 Å². The molecule has 92 valence electrons. The Labute approximate surface area is 116 Å². The Morgan fingerprint density at radius 2 is 1.89 bits per heavy atom. The molecule has 2 aromatic heterocycles. The molecule has 0 aliphatic carbocycles. The molecule has 0 amide bonds. The van der Waals surface area contributed by atoms with Gasteiger partial charge in [0.1, 0.15) is 0 Å². The second-order valence-corrected chi connectivity index (χ2v) is 5.14. The van der Waals surface area contributed by atoms with Gasteiger partial charge in [-0.25, -0.2) is 0 Å². The van der Waals surface area contributed by atoms with Crippen LogP contribution in [-0.2, 0) is 0 Å². The fourth-order valence-corrected chi connectivity index (χ4v) is 2.66. The van der Waals surface area contributed by atoms with Crippen molar-refractivity contribution in [1.29, 1.82) is 0 Å². The zero-order valence-electron chi connectivity index (χ0n) is 10.4. The van der Waals surface area contributed by atoms with Crippen molar-refractivity contribution >= 4 is 33.6 Å². The summed E-state index contributed by atoms with van der Waals surface area (Å²) in [7, 11) is 0. The zero-order valence-corrected chi connectivity index (χ0v) is 11.2. The van der Waals surface area contributed by atoms with Crippen LogP contribution in [0, 0.1) is 0 Å². The molecule has 0 aliphatic rings. The zero-order chi connectivity index (χ0) is 12.9. The molecule has 1 aromatic carbocycles. The molecule has 0 fully saturated rings. The summed E-state index contributed by atoms with van der Waals surface area (Å²) in [4.78, 5) is 4.24. The van der Waals surface area contributed by atoms with Gasteiger partial charge in [0.2, 0.25) is 0 Å². The van der Waals surface area contributed by atoms with Crippen LogP contribution in [-0.4, -0.2) is 4.98 Å². The van der Waals surface area contributed by atoms with Gasteiger partial charge >= 0.3 is 0 Å². The first-order valence-corrected chi connectivity index (χ1v) is 7.03. The monoisotopic (exact) mass is 263 g/mol. The van der Waals surface area contributed by atoms with Gasteiger partial charge in [-0.2, -0.15) is 0 Å². The highest BCUT2D eigenvalue weighted by molar-refractivity contribution is 7.17. The van der Waals surface area contributed by atoms with Crippen molar-refractivity contribution in [3.8, 4) is 0 Å². The van der Waals surface area contributed by atoms with Gasteiger partial charge in [0.05, 0.1) is 5.69 Å². The molecule has 0 saturated carbocycles. The van der Waals surface area contributed by atoms with Crippen LogP contribution >= 0.6 is 11.3 Å². The molecule has 0 spiro atoms. The molecule has 19 heavy (non-hydrogen) atoms. The Hall–Kier alpha value is -2.19. The van der Waals surface area contributed by atoms with Crippen LogP contribution in [0.3, 0.4) is 0 Å². The summed E-state index contributed by atoms with van der Waals surface area (Å²) in [5.74, 6) is 0. The highest BCUT2D eigenvalue weighted by Crippen LogP contribution is 2.22. The van der Waals surface area contributed by atoms with E-state index in [1.54, 1.807) is 17.5 Å². The largest absolute Gasteiger partial charge is 0.257 e. The van der Waals surface area contributed by atoms with E-state index in [1.165, 1.54) is 15.6 Å². The SMILES string of the molecule is C(/C=C/c1ccccn1)=C\c1ccc2sccc2c1. The van der Waals surface area contributed by atoms with E-state index in [4.69, 9.17) is 0 Å². The van der Waals surface area contributed by atoms with Gasteiger partial charge in [0.25, 0.3) is 0 Å². The van der Waals surface area contributed by atoms with Crippen LogP contribution < -0.4 is 0 Å². The van der Waals surface area contributed by atoms with Crippen molar-refractivity contribution in [2.75, 3.05) is 0 Å². The van der Waals surface area contributed by atoms with E-state index in [-0.39, 0.29) is 0 Å². The fraction of sp³-hybridized carbons (Fsp3) is 0. The lowest BCUT2D eigenvalue weighted by Gasteiger charge is -1.93. The van der Waals surface area contributed by atoms with Gasteiger partial charge in [0.15, 0.2) is 0 Å². The molecule has 0 aliphatic heterocycles. The number of aromatic nitrogens is 1. The molecule has 2 heterocycles. The smallest absolute Gasteiger partial charge is 0.0629 e. The number of nitrogens with zero attached hydrogens (tertiary/aromatic N) is 1. The van der Waals surface area contributed by atoms with Crippen molar-refractivity contribution in [1.82, 2.24) is 4.98 Å². The van der Waals surface area contributed by atoms with Crippen molar-refractivity contribution < 1.29 is 0 Å². The van der Waals surface area contributed by atoms with Crippen LogP contribution in [0.15, 0.2) is 66.2 Å². The molecule has 0 radical (unpaired) electrons. The summed E-state index contributed by atoms with van der Waals surface area (Å²) >= 11 is 1.78. The van der Waals surface area contributed by atoms with Crippen LogP contribution in [0.25, 0.3) is 22.2 Å². The predicted molar refractivity (Wildman–Crippen MR) is 84.1 cm³/mol. The molecule has 3 rings (SSSR count). The average Bonchev–Trinajstić information content (AvgIpc) is 2.92. The first kappa shape index (κ1) is 11.9. The maximum atomic E-state index is 4.24. The minimum absolute atomic E-state index is 0.973. The number of hydrogen-bond donors (Lipinski definition) is 0. The lowest BCUT2D eigenvalue weighted by Crippen LogP contribution is -1.75. The summed E-state index contributed by atoms with van der Waals surface area (Å²) in [6.45, 7) is 0. The third-order valence-electron chi connectivity index (χ3n) is 2.83.